The van der Waals surface area contributed by atoms with E-state index in [1.54, 1.807) is 24.5 Å². The molecule has 0 radical (unpaired) electrons. The lowest BCUT2D eigenvalue weighted by atomic mass is 9.84. The average Bonchev–Trinajstić information content (AvgIpc) is 1.64. The quantitative estimate of drug-likeness (QED) is 0.0394. The van der Waals surface area contributed by atoms with Crippen LogP contribution in [0.5, 0.6) is 0 Å². The number of amides is 3. The number of pyridine rings is 1. The molecule has 1 fully saturated rings. The van der Waals surface area contributed by atoms with Crippen LogP contribution in [0, 0.1) is 5.92 Å². The van der Waals surface area contributed by atoms with Gasteiger partial charge in [0.1, 0.15) is 11.4 Å². The number of carbonyl (C=O) groups excluding carboxylic acids is 3. The Balaban J connectivity index is 0.000000151. The van der Waals surface area contributed by atoms with E-state index in [-0.39, 0.29) is 58.8 Å². The van der Waals surface area contributed by atoms with Crippen LogP contribution in [0.3, 0.4) is 0 Å². The van der Waals surface area contributed by atoms with Gasteiger partial charge in [-0.3, -0.25) is 19.4 Å². The van der Waals surface area contributed by atoms with Gasteiger partial charge in [-0.25, -0.2) is 34.0 Å². The first-order valence-electron chi connectivity index (χ1n) is 38.8. The molecule has 15 rings (SSSR count). The van der Waals surface area contributed by atoms with E-state index in [0.717, 1.165) is 139 Å². The predicted molar refractivity (Wildman–Crippen MR) is 436 cm³/mol. The molecular formula is C87H85Cl5F6N14O3. The summed E-state index contributed by atoms with van der Waals surface area (Å²) >= 11 is 31.0. The van der Waals surface area contributed by atoms with Crippen molar-refractivity contribution >= 4 is 87.4 Å². The smallest absolute Gasteiger partial charge is 0.348 e. The molecule has 5 aromatic carbocycles. The molecule has 3 N–H and O–H groups in total. The first kappa shape index (κ1) is 83.2. The molecule has 3 amide bonds. The molecule has 6 heterocycles. The second-order valence-electron chi connectivity index (χ2n) is 29.3. The van der Waals surface area contributed by atoms with Crippen LogP contribution >= 0.6 is 58.0 Å². The molecule has 2 unspecified atom stereocenters. The molecule has 17 nitrogen and oxygen atoms in total. The van der Waals surface area contributed by atoms with E-state index in [1.165, 1.54) is 47.0 Å². The molecule has 4 aliphatic rings. The Kier molecular flexibility index (Phi) is 27.7. The molecule has 598 valence electrons. The molecule has 0 spiro atoms. The number of fused-ring (bicyclic) bond motifs is 3. The van der Waals surface area contributed by atoms with Crippen LogP contribution in [0.15, 0.2) is 183 Å². The first-order chi connectivity index (χ1) is 55.6. The molecular weight excluding hydrogens is 1580 g/mol. The van der Waals surface area contributed by atoms with Crippen LogP contribution in [-0.4, -0.2) is 89.8 Å². The van der Waals surface area contributed by atoms with Crippen molar-refractivity contribution in [3.8, 4) is 17.6 Å². The normalized spacial score (nSPS) is 16.9. The Morgan fingerprint density at radius 1 is 0.478 bits per heavy atom. The summed E-state index contributed by atoms with van der Waals surface area (Å²) in [6.07, 6.45) is 15.7. The van der Waals surface area contributed by atoms with Gasteiger partial charge >= 0.3 is 12.4 Å². The van der Waals surface area contributed by atoms with Gasteiger partial charge in [0.25, 0.3) is 29.6 Å². The number of halogens is 11. The van der Waals surface area contributed by atoms with Gasteiger partial charge in [-0.1, -0.05) is 164 Å². The topological polar surface area (TPSA) is 205 Å². The van der Waals surface area contributed by atoms with Crippen LogP contribution in [-0.2, 0) is 44.5 Å². The number of nitrogens with one attached hydrogen (secondary N) is 3. The van der Waals surface area contributed by atoms with Crippen molar-refractivity contribution in [3.63, 3.8) is 0 Å². The van der Waals surface area contributed by atoms with Gasteiger partial charge in [-0.05, 0) is 203 Å². The SMILES string of the molecule is C[C@@H](NC(=O)c1nn(-c2ccncc2)c2c1CCCC/C2=C\c1ccc(Cl)cc1)C1CCCCC1.O=C(N[C@@H](CCl)c1ccccc1)c1nn(-c2nccc(C(F)(F)F)n2)c2c1CCCCC2Cc1cccc(Cl)c1.O=C(N[C@H](CCl)c1ccccc1)c1nn(-c2nccc(C(F)(F)F)n2)c2c1CCCCC2Cc1cccc(Cl)c1. The number of nitrogens with zero attached hydrogens (tertiary/aromatic N) is 11. The van der Waals surface area contributed by atoms with Gasteiger partial charge in [-0.15, -0.1) is 23.2 Å². The predicted octanol–water partition coefficient (Wildman–Crippen LogP) is 21.1. The number of carbonyl (C=O) groups is 3. The zero-order valence-corrected chi connectivity index (χ0v) is 66.8. The Hall–Kier alpha value is -9.78. The van der Waals surface area contributed by atoms with Crippen molar-refractivity contribution in [1.82, 2.24) is 70.2 Å². The number of hydrogen-bond donors (Lipinski definition) is 3. The Morgan fingerprint density at radius 2 is 0.922 bits per heavy atom. The lowest BCUT2D eigenvalue weighted by Gasteiger charge is -2.28. The zero-order chi connectivity index (χ0) is 80.8. The van der Waals surface area contributed by atoms with E-state index in [1.807, 2.05) is 138 Å². The summed E-state index contributed by atoms with van der Waals surface area (Å²) in [5.74, 6) is -0.935. The minimum Gasteiger partial charge on any atom is -0.348 e. The standard InChI is InChI=1S/2C29H26Cl2F3N5O.C29H33ClN4O/c2*30-17-23(19-8-2-1-3-9-19)36-27(40)25-22-12-5-4-10-20(15-18-7-6-11-21(31)16-18)26(22)39(38-25)28-35-14-13-24(37-28)29(32,33)34;1-20(22-7-3-2-4-8-22)32-29(35)27-26-10-6-5-9-23(19-21-11-13-24(30)14-12-21)28(26)34(33-27)25-15-17-31-18-16-25/h2*1-3,6-9,11,13-14,16,20,23H,4-5,10,12,15,17H2,(H,36,40);11-20,22H,2-10H2,1H3,(H,32,35)/b;;23-19+/t2*20?,23-;20-/m101/s1. The lowest BCUT2D eigenvalue weighted by molar-refractivity contribution is -0.142. The largest absolute Gasteiger partial charge is 0.433 e. The van der Waals surface area contributed by atoms with E-state index in [9.17, 15) is 40.7 Å². The molecule has 1 saturated carbocycles. The van der Waals surface area contributed by atoms with Gasteiger partial charge < -0.3 is 16.0 Å². The van der Waals surface area contributed by atoms with Crippen LogP contribution in [0.25, 0.3) is 29.2 Å². The third-order valence-electron chi connectivity index (χ3n) is 21.5. The Labute approximate surface area is 688 Å². The molecule has 28 heteroatoms. The first-order valence-corrected chi connectivity index (χ1v) is 41.0. The summed E-state index contributed by atoms with van der Waals surface area (Å²) in [5.41, 5.74) is 10.2. The van der Waals surface area contributed by atoms with Crippen molar-refractivity contribution in [2.75, 3.05) is 11.8 Å². The van der Waals surface area contributed by atoms with Crippen molar-refractivity contribution in [2.24, 2.45) is 5.92 Å². The molecule has 0 aliphatic heterocycles. The van der Waals surface area contributed by atoms with Crippen molar-refractivity contribution < 1.29 is 40.7 Å². The highest BCUT2D eigenvalue weighted by molar-refractivity contribution is 6.31. The minimum atomic E-state index is -4.66. The lowest BCUT2D eigenvalue weighted by Crippen LogP contribution is -2.39. The summed E-state index contributed by atoms with van der Waals surface area (Å²) in [6, 6.07) is 46.2. The number of alkyl halides is 8. The number of hydrogen-bond acceptors (Lipinski definition) is 11. The average molecular weight is 1670 g/mol. The molecule has 6 aromatic heterocycles. The Morgan fingerprint density at radius 3 is 1.40 bits per heavy atom. The summed E-state index contributed by atoms with van der Waals surface area (Å²) in [5, 5.41) is 25.2. The molecule has 11 aromatic rings. The van der Waals surface area contributed by atoms with E-state index in [0.29, 0.717) is 69.9 Å². The zero-order valence-electron chi connectivity index (χ0n) is 63.0. The highest BCUT2D eigenvalue weighted by Gasteiger charge is 2.39. The minimum absolute atomic E-state index is 0.0557. The molecule has 115 heavy (non-hydrogen) atoms. The number of allylic oxidation sites excluding steroid dienone is 1. The van der Waals surface area contributed by atoms with Crippen molar-refractivity contribution in [1.29, 1.82) is 0 Å². The fourth-order valence-corrected chi connectivity index (χ4v) is 16.9. The summed E-state index contributed by atoms with van der Waals surface area (Å²) in [7, 11) is 0. The van der Waals surface area contributed by atoms with E-state index in [2.05, 4.69) is 64.1 Å². The van der Waals surface area contributed by atoms with Gasteiger partial charge in [0.05, 0.1) is 34.9 Å². The molecule has 4 aliphatic carbocycles. The molecule has 5 atom stereocenters. The van der Waals surface area contributed by atoms with Crippen LogP contribution < -0.4 is 16.0 Å². The summed E-state index contributed by atoms with van der Waals surface area (Å²) in [4.78, 5) is 61.0. The van der Waals surface area contributed by atoms with E-state index >= 15 is 0 Å². The third-order valence-corrected chi connectivity index (χ3v) is 22.8. The second-order valence-corrected chi connectivity index (χ2v) is 31.3. The maximum absolute atomic E-state index is 13.7. The summed E-state index contributed by atoms with van der Waals surface area (Å²) in [6.45, 7) is 2.15. The highest BCUT2D eigenvalue weighted by Crippen LogP contribution is 2.42. The second kappa shape index (κ2) is 38.3. The van der Waals surface area contributed by atoms with Crippen LogP contribution in [0.2, 0.25) is 15.1 Å². The highest BCUT2D eigenvalue weighted by atomic mass is 35.5. The van der Waals surface area contributed by atoms with Crippen molar-refractivity contribution in [2.45, 2.75) is 171 Å². The molecule has 0 bridgehead atoms. The fourth-order valence-electron chi connectivity index (χ4n) is 15.9. The fraction of sp³-hybridized carbons (Fsp3) is 0.345. The van der Waals surface area contributed by atoms with Gasteiger partial charge in [0.15, 0.2) is 17.1 Å². The van der Waals surface area contributed by atoms with Gasteiger partial charge in [-0.2, -0.15) is 41.6 Å². The van der Waals surface area contributed by atoms with E-state index in [4.69, 9.17) is 63.1 Å². The summed E-state index contributed by atoms with van der Waals surface area (Å²) < 4.78 is 85.9. The third kappa shape index (κ3) is 20.7. The van der Waals surface area contributed by atoms with Crippen molar-refractivity contribution in [3.05, 3.63) is 288 Å². The monoisotopic (exact) mass is 1660 g/mol. The molecule has 0 saturated heterocycles. The van der Waals surface area contributed by atoms with Gasteiger partial charge in [0.2, 0.25) is 0 Å². The number of rotatable bonds is 19. The maximum atomic E-state index is 13.7. The maximum Gasteiger partial charge on any atom is 0.433 e. The van der Waals surface area contributed by atoms with E-state index < -0.39 is 47.6 Å². The number of aromatic nitrogens is 11. The van der Waals surface area contributed by atoms with Crippen LogP contribution in [0.4, 0.5) is 26.3 Å². The van der Waals surface area contributed by atoms with Crippen LogP contribution in [0.1, 0.15) is 225 Å². The van der Waals surface area contributed by atoms with Gasteiger partial charge in [0, 0.05) is 86.2 Å². The Bertz CT molecular complexity index is 4970. The number of benzene rings is 5.